The van der Waals surface area contributed by atoms with E-state index in [4.69, 9.17) is 24.7 Å². The van der Waals surface area contributed by atoms with Crippen molar-refractivity contribution in [2.45, 2.75) is 30.1 Å². The molecule has 3 heterocycles. The summed E-state index contributed by atoms with van der Waals surface area (Å²) in [6.45, 7) is -0.506. The molecule has 0 radical (unpaired) electrons. The van der Waals surface area contributed by atoms with Gasteiger partial charge in [-0.15, -0.1) is 0 Å². The van der Waals surface area contributed by atoms with Gasteiger partial charge in [0.25, 0.3) is 0 Å². The molecule has 2 aromatic heterocycles. The molecule has 1 saturated heterocycles. The fraction of sp³-hybridized carbons (Fsp3) is 0.250. The first-order valence-corrected chi connectivity index (χ1v) is 14.1. The van der Waals surface area contributed by atoms with E-state index in [1.807, 2.05) is 78.9 Å². The van der Waals surface area contributed by atoms with E-state index < -0.39 is 42.8 Å². The fourth-order valence-electron chi connectivity index (χ4n) is 5.75. The van der Waals surface area contributed by atoms with Crippen molar-refractivity contribution in [3.63, 3.8) is 0 Å². The number of ether oxygens (including phenoxy) is 4. The van der Waals surface area contributed by atoms with Gasteiger partial charge < -0.3 is 40.2 Å². The molecule has 45 heavy (non-hydrogen) atoms. The third-order valence-electron chi connectivity index (χ3n) is 7.94. The monoisotopic (exact) mass is 612 g/mol. The van der Waals surface area contributed by atoms with Crippen LogP contribution >= 0.6 is 0 Å². The molecule has 0 aliphatic carbocycles. The zero-order chi connectivity index (χ0) is 31.6. The lowest BCUT2D eigenvalue weighted by atomic mass is 9.77. The molecule has 6 rings (SSSR count). The lowest BCUT2D eigenvalue weighted by molar-refractivity contribution is -0.0523. The molecule has 13 nitrogen and oxygen atoms in total. The third-order valence-corrected chi connectivity index (χ3v) is 7.94. The number of hydrogen-bond donors (Lipinski definition) is 4. The number of aliphatic hydroxyl groups is 2. The average molecular weight is 613 g/mol. The molecule has 13 heteroatoms. The number of fused-ring (bicyclic) bond motifs is 1. The Bertz CT molecular complexity index is 1720. The van der Waals surface area contributed by atoms with Gasteiger partial charge in [0.1, 0.15) is 35.6 Å². The average Bonchev–Trinajstić information content (AvgIpc) is 3.64. The number of aromatic nitrogens is 4. The van der Waals surface area contributed by atoms with Crippen molar-refractivity contribution in [2.75, 3.05) is 26.1 Å². The van der Waals surface area contributed by atoms with Crippen LogP contribution in [0, 0.1) is 0 Å². The first-order valence-electron chi connectivity index (χ1n) is 14.1. The summed E-state index contributed by atoms with van der Waals surface area (Å²) >= 11 is 0. The summed E-state index contributed by atoms with van der Waals surface area (Å²) in [5.41, 5.74) is 7.67. The highest BCUT2D eigenvalue weighted by atomic mass is 16.6. The van der Waals surface area contributed by atoms with E-state index in [9.17, 15) is 15.0 Å². The number of aliphatic hydroxyl groups excluding tert-OH is 2. The minimum Gasteiger partial charge on any atom is -0.497 e. The van der Waals surface area contributed by atoms with Crippen LogP contribution in [-0.2, 0) is 15.0 Å². The lowest BCUT2D eigenvalue weighted by Crippen LogP contribution is -2.38. The summed E-state index contributed by atoms with van der Waals surface area (Å²) in [5.74, 6) is 1.79. The lowest BCUT2D eigenvalue weighted by Gasteiger charge is -2.37. The number of hydrogen-bond acceptors (Lipinski definition) is 11. The van der Waals surface area contributed by atoms with Gasteiger partial charge in [-0.25, -0.2) is 19.7 Å². The summed E-state index contributed by atoms with van der Waals surface area (Å²) in [7, 11) is 3.23. The van der Waals surface area contributed by atoms with Gasteiger partial charge in [-0.05, 0) is 41.0 Å². The van der Waals surface area contributed by atoms with Crippen molar-refractivity contribution in [3.8, 4) is 11.5 Å². The van der Waals surface area contributed by atoms with Crippen molar-refractivity contribution >= 4 is 23.1 Å². The van der Waals surface area contributed by atoms with Gasteiger partial charge >= 0.3 is 6.09 Å². The molecule has 5 aromatic rings. The van der Waals surface area contributed by atoms with E-state index >= 15 is 0 Å². The highest BCUT2D eigenvalue weighted by molar-refractivity contribution is 5.84. The van der Waals surface area contributed by atoms with Gasteiger partial charge in [0.2, 0.25) is 0 Å². The van der Waals surface area contributed by atoms with Crippen LogP contribution in [-0.4, -0.2) is 75.0 Å². The summed E-state index contributed by atoms with van der Waals surface area (Å²) in [5, 5.41) is 24.1. The van der Waals surface area contributed by atoms with Crippen molar-refractivity contribution in [1.29, 1.82) is 0 Å². The molecule has 0 spiro atoms. The topological polar surface area (TPSA) is 176 Å². The molecule has 1 aliphatic rings. The number of anilines is 1. The van der Waals surface area contributed by atoms with E-state index in [-0.39, 0.29) is 0 Å². The van der Waals surface area contributed by atoms with Crippen molar-refractivity contribution < 1.29 is 34.0 Å². The molecule has 5 N–H and O–H groups in total. The maximum Gasteiger partial charge on any atom is 0.405 e. The van der Waals surface area contributed by atoms with Crippen LogP contribution in [0.5, 0.6) is 11.5 Å². The smallest absolute Gasteiger partial charge is 0.405 e. The number of carbonyl (C=O) groups is 1. The highest BCUT2D eigenvalue weighted by Gasteiger charge is 2.47. The Morgan fingerprint density at radius 1 is 0.933 bits per heavy atom. The van der Waals surface area contributed by atoms with Gasteiger partial charge in [0.05, 0.1) is 27.2 Å². The Labute approximate surface area is 258 Å². The molecule has 232 valence electrons. The largest absolute Gasteiger partial charge is 0.497 e. The van der Waals surface area contributed by atoms with E-state index in [1.54, 1.807) is 14.2 Å². The minimum atomic E-state index is -1.33. The number of benzene rings is 3. The molecule has 1 aliphatic heterocycles. The predicted octanol–water partition coefficient (Wildman–Crippen LogP) is 2.96. The number of primary amides is 1. The molecule has 0 saturated carbocycles. The van der Waals surface area contributed by atoms with E-state index in [2.05, 4.69) is 20.3 Å². The number of methoxy groups -OCH3 is 2. The van der Waals surface area contributed by atoms with E-state index in [0.717, 1.165) is 16.7 Å². The Morgan fingerprint density at radius 2 is 1.53 bits per heavy atom. The molecule has 1 amide bonds. The molecule has 0 bridgehead atoms. The normalized spacial score (nSPS) is 19.7. The van der Waals surface area contributed by atoms with Gasteiger partial charge in [-0.1, -0.05) is 54.6 Å². The maximum absolute atomic E-state index is 11.7. The predicted molar refractivity (Wildman–Crippen MR) is 163 cm³/mol. The Kier molecular flexibility index (Phi) is 8.22. The number of carbonyl (C=O) groups excluding carboxylic acids is 1. The van der Waals surface area contributed by atoms with Gasteiger partial charge in [0.15, 0.2) is 29.3 Å². The summed E-state index contributed by atoms with van der Waals surface area (Å²) in [6.07, 6.45) is -2.92. The summed E-state index contributed by atoms with van der Waals surface area (Å²) in [4.78, 5) is 25.3. The number of nitrogens with one attached hydrogen (secondary N) is 1. The molecule has 0 unspecified atom stereocenters. The number of nitrogens with two attached hydrogens (primary N) is 1. The van der Waals surface area contributed by atoms with Crippen molar-refractivity contribution in [3.05, 3.63) is 108 Å². The van der Waals surface area contributed by atoms with E-state index in [0.29, 0.717) is 28.5 Å². The van der Waals surface area contributed by atoms with Crippen molar-refractivity contribution in [2.24, 2.45) is 5.73 Å². The maximum atomic E-state index is 11.7. The Hall–Kier alpha value is -5.24. The van der Waals surface area contributed by atoms with Crippen LogP contribution in [0.4, 0.5) is 10.6 Å². The molecular weight excluding hydrogens is 580 g/mol. The van der Waals surface area contributed by atoms with E-state index in [1.165, 1.54) is 17.2 Å². The Morgan fingerprint density at radius 3 is 2.09 bits per heavy atom. The number of imidazole rings is 1. The minimum absolute atomic E-state index is 0.327. The van der Waals surface area contributed by atoms with Crippen LogP contribution in [0.15, 0.2) is 91.5 Å². The van der Waals surface area contributed by atoms with Crippen LogP contribution in [0.3, 0.4) is 0 Å². The summed E-state index contributed by atoms with van der Waals surface area (Å²) < 4.78 is 23.5. The molecular formula is C32H32N6O7. The highest BCUT2D eigenvalue weighted by Crippen LogP contribution is 2.42. The zero-order valence-electron chi connectivity index (χ0n) is 24.5. The second-order valence-corrected chi connectivity index (χ2v) is 10.4. The first-order chi connectivity index (χ1) is 21.9. The number of rotatable bonds is 10. The number of amides is 1. The summed E-state index contributed by atoms with van der Waals surface area (Å²) in [6, 6.07) is 25.4. The third kappa shape index (κ3) is 5.37. The van der Waals surface area contributed by atoms with Crippen LogP contribution in [0.1, 0.15) is 22.9 Å². The van der Waals surface area contributed by atoms with Gasteiger partial charge in [-0.2, -0.15) is 0 Å². The quantitative estimate of drug-likeness (QED) is 0.171. The molecule has 4 atom stereocenters. The van der Waals surface area contributed by atoms with Crippen molar-refractivity contribution in [1.82, 2.24) is 19.5 Å². The van der Waals surface area contributed by atoms with Gasteiger partial charge in [0, 0.05) is 0 Å². The second kappa shape index (κ2) is 12.4. The van der Waals surface area contributed by atoms with Crippen LogP contribution < -0.4 is 20.5 Å². The van der Waals surface area contributed by atoms with Gasteiger partial charge in [-0.3, -0.25) is 4.57 Å². The zero-order valence-corrected chi connectivity index (χ0v) is 24.5. The fourth-order valence-corrected chi connectivity index (χ4v) is 5.75. The number of nitrogens with zero attached hydrogens (tertiary/aromatic N) is 4. The Balaban J connectivity index is 1.52. The first kappa shape index (κ1) is 29.8. The molecule has 1 fully saturated rings. The standard InChI is InChI=1S/C32H32N6O7/c1-42-22-12-8-20(9-13-22)32(19-6-4-3-5-7-19,21-10-14-23(43-2)15-11-21)37-28-25-29(35-17-34-28)38(18-36-25)30-27(45-31(33)41)26(40)24(16-39)44-30/h3-15,17-18,24,26-27,30,39-40H,16H2,1-2H3,(H2,33,41)(H,34,35,37)/t24-,26-,27-,30-/m1/s1. The SMILES string of the molecule is COc1ccc(C(Nc2ncnc3c2ncn3[C@@H]2O[C@H](CO)[C@@H](O)[C@H]2OC(N)=O)(c2ccccc2)c2ccc(OC)cc2)cc1. The van der Waals surface area contributed by atoms with Crippen LogP contribution in [0.25, 0.3) is 11.2 Å². The van der Waals surface area contributed by atoms with Crippen LogP contribution in [0.2, 0.25) is 0 Å². The second-order valence-electron chi connectivity index (χ2n) is 10.4. The molecule has 3 aromatic carbocycles.